The maximum absolute atomic E-state index is 6.71. The first-order valence-corrected chi connectivity index (χ1v) is 13.6. The maximum Gasteiger partial charge on any atom is 0.260 e. The molecule has 0 spiro atoms. The Morgan fingerprint density at radius 1 is 0.500 bits per heavy atom. The van der Waals surface area contributed by atoms with Gasteiger partial charge in [-0.1, -0.05) is 91.0 Å². The Morgan fingerprint density at radius 2 is 1.12 bits per heavy atom. The summed E-state index contributed by atoms with van der Waals surface area (Å²) in [7, 11) is 0. The summed E-state index contributed by atoms with van der Waals surface area (Å²) in [5.74, 6) is 3.54. The van der Waals surface area contributed by atoms with Crippen molar-refractivity contribution < 1.29 is 9.47 Å². The van der Waals surface area contributed by atoms with Crippen LogP contribution in [0.15, 0.2) is 133 Å². The predicted molar refractivity (Wildman–Crippen MR) is 164 cm³/mol. The van der Waals surface area contributed by atoms with Crippen molar-refractivity contribution >= 4 is 44.9 Å². The Morgan fingerprint density at radius 3 is 1.95 bits per heavy atom. The van der Waals surface area contributed by atoms with Crippen molar-refractivity contribution in [3.63, 3.8) is 0 Å². The van der Waals surface area contributed by atoms with Gasteiger partial charge >= 0.3 is 0 Å². The van der Waals surface area contributed by atoms with Crippen LogP contribution in [0.3, 0.4) is 0 Å². The molecule has 2 aliphatic heterocycles. The summed E-state index contributed by atoms with van der Waals surface area (Å²) in [5.41, 5.74) is 9.17. The molecular formula is C36H22BNO2. The van der Waals surface area contributed by atoms with Gasteiger partial charge < -0.3 is 14.0 Å². The van der Waals surface area contributed by atoms with E-state index in [4.69, 9.17) is 9.47 Å². The monoisotopic (exact) mass is 511 g/mol. The number of ether oxygens (including phenoxy) is 2. The molecule has 3 nitrogen and oxygen atoms in total. The molecule has 0 N–H and O–H groups in total. The van der Waals surface area contributed by atoms with Crippen LogP contribution in [0.5, 0.6) is 23.0 Å². The summed E-state index contributed by atoms with van der Waals surface area (Å²) < 4.78 is 15.4. The number of aromatic nitrogens is 1. The second-order valence-electron chi connectivity index (χ2n) is 10.5. The standard InChI is InChI=1S/C36H22BNO2/c1-4-17-30-26(12-1)27-13-2-5-18-31(27)38(30)24-11-7-10-23(22-24)25-14-8-16-29-36(25)40-34-21-9-20-33-35(34)37(29)28-15-3-6-19-32(28)39-33/h1-22H. The highest BCUT2D eigenvalue weighted by Crippen LogP contribution is 2.40. The minimum atomic E-state index is 0.0559. The molecular weight excluding hydrogens is 489 g/mol. The van der Waals surface area contributed by atoms with E-state index >= 15 is 0 Å². The molecule has 9 rings (SSSR count). The van der Waals surface area contributed by atoms with Crippen LogP contribution < -0.4 is 25.9 Å². The average molecular weight is 511 g/mol. The van der Waals surface area contributed by atoms with E-state index in [9.17, 15) is 0 Å². The van der Waals surface area contributed by atoms with E-state index < -0.39 is 0 Å². The SMILES string of the molecule is c1cc(-c2cccc3c2Oc2cccc4c2B3c2ccccc2O4)cc(-n2c3ccccc3c3ccccc32)c1. The van der Waals surface area contributed by atoms with Gasteiger partial charge in [0, 0.05) is 27.5 Å². The third-order valence-corrected chi connectivity index (χ3v) is 8.33. The summed E-state index contributed by atoms with van der Waals surface area (Å²) in [5, 5.41) is 2.52. The number of nitrogens with zero attached hydrogens (tertiary/aromatic N) is 1. The number of rotatable bonds is 2. The van der Waals surface area contributed by atoms with Gasteiger partial charge in [-0.3, -0.25) is 0 Å². The van der Waals surface area contributed by atoms with Gasteiger partial charge in [0.25, 0.3) is 6.71 Å². The van der Waals surface area contributed by atoms with Crippen molar-refractivity contribution in [2.45, 2.75) is 0 Å². The first kappa shape index (κ1) is 21.7. The summed E-state index contributed by atoms with van der Waals surface area (Å²) >= 11 is 0. The largest absolute Gasteiger partial charge is 0.458 e. The molecule has 0 atom stereocenters. The van der Waals surface area contributed by atoms with Crippen LogP contribution in [0.4, 0.5) is 0 Å². The van der Waals surface area contributed by atoms with E-state index in [0.29, 0.717) is 0 Å². The molecule has 0 saturated carbocycles. The maximum atomic E-state index is 6.71. The van der Waals surface area contributed by atoms with Gasteiger partial charge in [0.05, 0.1) is 11.0 Å². The van der Waals surface area contributed by atoms with E-state index in [2.05, 4.69) is 120 Å². The number of benzene rings is 6. The second kappa shape index (κ2) is 8.14. The van der Waals surface area contributed by atoms with Gasteiger partial charge in [-0.2, -0.15) is 0 Å². The van der Waals surface area contributed by atoms with Crippen molar-refractivity contribution in [3.05, 3.63) is 133 Å². The smallest absolute Gasteiger partial charge is 0.260 e. The highest BCUT2D eigenvalue weighted by Gasteiger charge is 2.40. The van der Waals surface area contributed by atoms with E-state index in [1.54, 1.807) is 0 Å². The molecule has 6 aromatic carbocycles. The zero-order valence-electron chi connectivity index (χ0n) is 21.5. The lowest BCUT2D eigenvalue weighted by molar-refractivity contribution is 0.465. The van der Waals surface area contributed by atoms with Gasteiger partial charge in [-0.05, 0) is 59.0 Å². The van der Waals surface area contributed by atoms with Crippen molar-refractivity contribution in [1.29, 1.82) is 0 Å². The highest BCUT2D eigenvalue weighted by atomic mass is 16.5. The van der Waals surface area contributed by atoms with E-state index in [1.807, 2.05) is 18.2 Å². The van der Waals surface area contributed by atoms with Crippen molar-refractivity contribution in [2.75, 3.05) is 0 Å². The molecule has 186 valence electrons. The Labute approximate surface area is 231 Å². The fourth-order valence-electron chi connectivity index (χ4n) is 6.64. The van der Waals surface area contributed by atoms with Crippen LogP contribution in [0.25, 0.3) is 38.6 Å². The fraction of sp³-hybridized carbons (Fsp3) is 0. The molecule has 0 bridgehead atoms. The van der Waals surface area contributed by atoms with E-state index in [0.717, 1.165) is 50.7 Å². The average Bonchev–Trinajstić information content (AvgIpc) is 3.35. The van der Waals surface area contributed by atoms with Gasteiger partial charge in [0.2, 0.25) is 0 Å². The number of para-hydroxylation sites is 4. The Kier molecular flexibility index (Phi) is 4.41. The third-order valence-electron chi connectivity index (χ3n) is 8.33. The zero-order chi connectivity index (χ0) is 26.2. The molecule has 0 unspecified atom stereocenters. The first-order valence-electron chi connectivity index (χ1n) is 13.6. The number of fused-ring (bicyclic) bond motifs is 7. The topological polar surface area (TPSA) is 23.4 Å². The van der Waals surface area contributed by atoms with Gasteiger partial charge in [0.15, 0.2) is 0 Å². The van der Waals surface area contributed by atoms with Gasteiger partial charge in [-0.15, -0.1) is 0 Å². The molecule has 0 amide bonds. The number of hydrogen-bond acceptors (Lipinski definition) is 2. The minimum Gasteiger partial charge on any atom is -0.458 e. The summed E-state index contributed by atoms with van der Waals surface area (Å²) in [6.07, 6.45) is 0. The minimum absolute atomic E-state index is 0.0559. The lowest BCUT2D eigenvalue weighted by atomic mass is 9.34. The molecule has 2 aliphatic rings. The predicted octanol–water partition coefficient (Wildman–Crippen LogP) is 7.18. The Balaban J connectivity index is 1.26. The third kappa shape index (κ3) is 2.96. The fourth-order valence-corrected chi connectivity index (χ4v) is 6.64. The molecule has 0 saturated heterocycles. The summed E-state index contributed by atoms with van der Waals surface area (Å²) in [6, 6.07) is 47.0. The van der Waals surface area contributed by atoms with Crippen molar-refractivity contribution in [1.82, 2.24) is 4.57 Å². The molecule has 1 aromatic heterocycles. The van der Waals surface area contributed by atoms with Crippen LogP contribution in [0.2, 0.25) is 0 Å². The molecule has 4 heteroatoms. The van der Waals surface area contributed by atoms with Crippen LogP contribution >= 0.6 is 0 Å². The highest BCUT2D eigenvalue weighted by molar-refractivity contribution is 6.98. The number of hydrogen-bond donors (Lipinski definition) is 0. The second-order valence-corrected chi connectivity index (χ2v) is 10.5. The van der Waals surface area contributed by atoms with Crippen LogP contribution in [0.1, 0.15) is 0 Å². The Bertz CT molecular complexity index is 2090. The molecule has 0 aliphatic carbocycles. The first-order chi connectivity index (χ1) is 19.8. The van der Waals surface area contributed by atoms with Gasteiger partial charge in [-0.25, -0.2) is 0 Å². The van der Waals surface area contributed by atoms with Crippen molar-refractivity contribution in [3.8, 4) is 39.8 Å². The van der Waals surface area contributed by atoms with Crippen molar-refractivity contribution in [2.24, 2.45) is 0 Å². The lowest BCUT2D eigenvalue weighted by Crippen LogP contribution is -2.57. The summed E-state index contributed by atoms with van der Waals surface area (Å²) in [6.45, 7) is 0.0559. The quantitative estimate of drug-likeness (QED) is 0.230. The zero-order valence-corrected chi connectivity index (χ0v) is 21.5. The van der Waals surface area contributed by atoms with E-state index in [-0.39, 0.29) is 6.71 Å². The summed E-state index contributed by atoms with van der Waals surface area (Å²) in [4.78, 5) is 0. The molecule has 0 radical (unpaired) electrons. The Hall–Kier alpha value is -5.22. The molecule has 0 fully saturated rings. The molecule has 40 heavy (non-hydrogen) atoms. The van der Waals surface area contributed by atoms with Crippen LogP contribution in [-0.2, 0) is 0 Å². The normalized spacial score (nSPS) is 12.8. The lowest BCUT2D eigenvalue weighted by Gasteiger charge is -2.33. The van der Waals surface area contributed by atoms with Crippen LogP contribution in [-0.4, -0.2) is 11.3 Å². The van der Waals surface area contributed by atoms with E-state index in [1.165, 1.54) is 27.3 Å². The van der Waals surface area contributed by atoms with Gasteiger partial charge in [0.1, 0.15) is 23.0 Å². The van der Waals surface area contributed by atoms with Crippen LogP contribution in [0, 0.1) is 0 Å². The molecule has 7 aromatic rings. The molecule has 3 heterocycles.